The summed E-state index contributed by atoms with van der Waals surface area (Å²) in [5, 5.41) is 10.4. The number of rotatable bonds is 5. The first-order valence-corrected chi connectivity index (χ1v) is 7.97. The zero-order valence-corrected chi connectivity index (χ0v) is 13.0. The van der Waals surface area contributed by atoms with E-state index in [1.165, 1.54) is 25.8 Å². The lowest BCUT2D eigenvalue weighted by atomic mass is 9.74. The topological polar surface area (TPSA) is 27.0 Å². The van der Waals surface area contributed by atoms with Gasteiger partial charge in [-0.1, -0.05) is 43.5 Å². The first-order chi connectivity index (χ1) is 9.70. The molecular weight excluding hydrogens is 268 g/mol. The first-order valence-electron chi connectivity index (χ1n) is 7.60. The highest BCUT2D eigenvalue weighted by atomic mass is 35.5. The zero-order valence-electron chi connectivity index (χ0n) is 12.2. The molecule has 1 heterocycles. The molecule has 108 valence electrons. The smallest absolute Gasteiger partial charge is 0.0846 e. The number of benzene rings is 1. The van der Waals surface area contributed by atoms with Crippen molar-refractivity contribution in [2.75, 3.05) is 19.6 Å². The molecule has 2 nitrogen and oxygen atoms in total. The van der Waals surface area contributed by atoms with Gasteiger partial charge in [0.25, 0.3) is 0 Å². The van der Waals surface area contributed by atoms with Crippen LogP contribution in [-0.4, -0.2) is 24.5 Å². The van der Waals surface area contributed by atoms with E-state index in [9.17, 15) is 5.26 Å². The minimum Gasteiger partial charge on any atom is -0.303 e. The third kappa shape index (κ3) is 3.53. The van der Waals surface area contributed by atoms with Crippen LogP contribution in [0.4, 0.5) is 0 Å². The van der Waals surface area contributed by atoms with Gasteiger partial charge in [-0.05, 0) is 56.6 Å². The summed E-state index contributed by atoms with van der Waals surface area (Å²) in [6, 6.07) is 10.4. The molecule has 2 rings (SSSR count). The minimum absolute atomic E-state index is 0.314. The Morgan fingerprint density at radius 1 is 1.20 bits per heavy atom. The highest BCUT2D eigenvalue weighted by Gasteiger charge is 2.36. The highest BCUT2D eigenvalue weighted by Crippen LogP contribution is 2.35. The fourth-order valence-electron chi connectivity index (χ4n) is 2.98. The summed E-state index contributed by atoms with van der Waals surface area (Å²) in [4.78, 5) is 2.50. The van der Waals surface area contributed by atoms with Crippen molar-refractivity contribution >= 4 is 11.6 Å². The molecule has 3 heteroatoms. The standard InChI is InChI=1S/C17H23ClN2/c1-2-3-4-11-20-12-9-17(14-19,10-13-20)15-5-7-16(18)8-6-15/h5-8H,2-4,9-13H2,1H3. The molecule has 0 amide bonds. The molecule has 1 aliphatic rings. The van der Waals surface area contributed by atoms with Gasteiger partial charge in [-0.2, -0.15) is 5.26 Å². The van der Waals surface area contributed by atoms with E-state index >= 15 is 0 Å². The van der Waals surface area contributed by atoms with Gasteiger partial charge in [0.15, 0.2) is 0 Å². The summed E-state index contributed by atoms with van der Waals surface area (Å²) in [5.74, 6) is 0. The van der Waals surface area contributed by atoms with Crippen LogP contribution in [0.3, 0.4) is 0 Å². The molecule has 0 bridgehead atoms. The number of halogens is 1. The van der Waals surface area contributed by atoms with E-state index in [0.717, 1.165) is 36.5 Å². The third-order valence-corrected chi connectivity index (χ3v) is 4.65. The van der Waals surface area contributed by atoms with Crippen LogP contribution >= 0.6 is 11.6 Å². The lowest BCUT2D eigenvalue weighted by molar-refractivity contribution is 0.183. The van der Waals surface area contributed by atoms with Crippen molar-refractivity contribution in [3.05, 3.63) is 34.9 Å². The fourth-order valence-corrected chi connectivity index (χ4v) is 3.10. The summed E-state index contributed by atoms with van der Waals surface area (Å²) < 4.78 is 0. The number of hydrogen-bond acceptors (Lipinski definition) is 2. The van der Waals surface area contributed by atoms with Crippen molar-refractivity contribution < 1.29 is 0 Å². The number of unbranched alkanes of at least 4 members (excludes halogenated alkanes) is 2. The van der Waals surface area contributed by atoms with Gasteiger partial charge in [-0.3, -0.25) is 0 Å². The first kappa shape index (κ1) is 15.4. The monoisotopic (exact) mass is 290 g/mol. The maximum Gasteiger partial charge on any atom is 0.0846 e. The average Bonchev–Trinajstić information content (AvgIpc) is 2.49. The summed E-state index contributed by atoms with van der Waals surface area (Å²) in [7, 11) is 0. The van der Waals surface area contributed by atoms with Gasteiger partial charge in [0.2, 0.25) is 0 Å². The van der Waals surface area contributed by atoms with Gasteiger partial charge in [-0.15, -0.1) is 0 Å². The van der Waals surface area contributed by atoms with E-state index in [1.54, 1.807) is 0 Å². The number of piperidine rings is 1. The van der Waals surface area contributed by atoms with E-state index in [2.05, 4.69) is 17.9 Å². The second-order valence-electron chi connectivity index (χ2n) is 5.75. The lowest BCUT2D eigenvalue weighted by Gasteiger charge is -2.37. The maximum atomic E-state index is 9.66. The van der Waals surface area contributed by atoms with Crippen LogP contribution in [0.2, 0.25) is 5.02 Å². The van der Waals surface area contributed by atoms with E-state index in [1.807, 2.05) is 24.3 Å². The molecule has 0 aliphatic carbocycles. The van der Waals surface area contributed by atoms with Gasteiger partial charge >= 0.3 is 0 Å². The molecule has 20 heavy (non-hydrogen) atoms. The number of hydrogen-bond donors (Lipinski definition) is 0. The molecule has 0 unspecified atom stereocenters. The van der Waals surface area contributed by atoms with E-state index in [4.69, 9.17) is 11.6 Å². The quantitative estimate of drug-likeness (QED) is 0.752. The predicted octanol–water partition coefficient (Wildman–Crippen LogP) is 4.39. The number of likely N-dealkylation sites (tertiary alicyclic amines) is 1. The van der Waals surface area contributed by atoms with Gasteiger partial charge in [0, 0.05) is 5.02 Å². The molecule has 0 radical (unpaired) electrons. The minimum atomic E-state index is -0.314. The van der Waals surface area contributed by atoms with Gasteiger partial charge < -0.3 is 4.90 Å². The Hall–Kier alpha value is -1.04. The zero-order chi connectivity index (χ0) is 14.4. The van der Waals surface area contributed by atoms with Gasteiger partial charge in [0.1, 0.15) is 0 Å². The van der Waals surface area contributed by atoms with Crippen molar-refractivity contribution in [1.82, 2.24) is 4.90 Å². The second-order valence-corrected chi connectivity index (χ2v) is 6.19. The van der Waals surface area contributed by atoms with Crippen LogP contribution in [-0.2, 0) is 5.41 Å². The molecule has 0 aromatic heterocycles. The Balaban J connectivity index is 1.98. The Morgan fingerprint density at radius 2 is 1.85 bits per heavy atom. The summed E-state index contributed by atoms with van der Waals surface area (Å²) in [5.41, 5.74) is 0.809. The summed E-state index contributed by atoms with van der Waals surface area (Å²) in [6.07, 6.45) is 5.70. The highest BCUT2D eigenvalue weighted by molar-refractivity contribution is 6.30. The lowest BCUT2D eigenvalue weighted by Crippen LogP contribution is -2.42. The van der Waals surface area contributed by atoms with Crippen LogP contribution < -0.4 is 0 Å². The number of nitriles is 1. The Bertz CT molecular complexity index is 453. The molecule has 0 N–H and O–H groups in total. The molecule has 1 fully saturated rings. The van der Waals surface area contributed by atoms with Crippen LogP contribution in [0.15, 0.2) is 24.3 Å². The Labute approximate surface area is 127 Å². The number of nitrogens with zero attached hydrogens (tertiary/aromatic N) is 2. The average molecular weight is 291 g/mol. The van der Waals surface area contributed by atoms with E-state index in [0.29, 0.717) is 0 Å². The molecule has 0 saturated carbocycles. The molecule has 1 saturated heterocycles. The van der Waals surface area contributed by atoms with Crippen molar-refractivity contribution in [3.63, 3.8) is 0 Å². The van der Waals surface area contributed by atoms with Gasteiger partial charge in [0.05, 0.1) is 11.5 Å². The van der Waals surface area contributed by atoms with Crippen molar-refractivity contribution in [2.24, 2.45) is 0 Å². The van der Waals surface area contributed by atoms with Crippen molar-refractivity contribution in [1.29, 1.82) is 5.26 Å². The van der Waals surface area contributed by atoms with Crippen LogP contribution in [0, 0.1) is 11.3 Å². The maximum absolute atomic E-state index is 9.66. The summed E-state index contributed by atoms with van der Waals surface area (Å²) in [6.45, 7) is 5.47. The largest absolute Gasteiger partial charge is 0.303 e. The Morgan fingerprint density at radius 3 is 2.40 bits per heavy atom. The van der Waals surface area contributed by atoms with Crippen LogP contribution in [0.5, 0.6) is 0 Å². The second kappa shape index (κ2) is 7.11. The molecule has 1 aromatic rings. The molecular formula is C17H23ClN2. The molecule has 0 atom stereocenters. The van der Waals surface area contributed by atoms with Crippen molar-refractivity contribution in [2.45, 2.75) is 44.4 Å². The van der Waals surface area contributed by atoms with E-state index in [-0.39, 0.29) is 5.41 Å². The molecule has 0 spiro atoms. The molecule has 1 aliphatic heterocycles. The summed E-state index contributed by atoms with van der Waals surface area (Å²) >= 11 is 5.94. The van der Waals surface area contributed by atoms with E-state index < -0.39 is 0 Å². The predicted molar refractivity (Wildman–Crippen MR) is 83.9 cm³/mol. The van der Waals surface area contributed by atoms with Crippen LogP contribution in [0.1, 0.15) is 44.6 Å². The Kier molecular flexibility index (Phi) is 5.46. The van der Waals surface area contributed by atoms with Crippen LogP contribution in [0.25, 0.3) is 0 Å². The van der Waals surface area contributed by atoms with Gasteiger partial charge in [-0.25, -0.2) is 0 Å². The third-order valence-electron chi connectivity index (χ3n) is 4.40. The SMILES string of the molecule is CCCCCN1CCC(C#N)(c2ccc(Cl)cc2)CC1. The molecule has 1 aromatic carbocycles. The fraction of sp³-hybridized carbons (Fsp3) is 0.588. The normalized spacial score (nSPS) is 18.6. The van der Waals surface area contributed by atoms with Crippen molar-refractivity contribution in [3.8, 4) is 6.07 Å².